The molecule has 0 spiro atoms. The maximum absolute atomic E-state index is 12.2. The lowest BCUT2D eigenvalue weighted by molar-refractivity contribution is 0.0951. The van der Waals surface area contributed by atoms with Crippen molar-refractivity contribution in [1.29, 1.82) is 0 Å². The van der Waals surface area contributed by atoms with Gasteiger partial charge in [0, 0.05) is 28.3 Å². The van der Waals surface area contributed by atoms with E-state index in [2.05, 4.69) is 26.2 Å². The SMILES string of the molecule is O=C(NC[C@H](c1ccco1)c1cccs1)c1cncc(Br)c1. The largest absolute Gasteiger partial charge is 0.469 e. The molecule has 3 rings (SSSR count). The second kappa shape index (κ2) is 6.89. The molecule has 4 nitrogen and oxygen atoms in total. The number of nitrogens with one attached hydrogen (secondary N) is 1. The first-order chi connectivity index (χ1) is 10.7. The van der Waals surface area contributed by atoms with Gasteiger partial charge in [-0.1, -0.05) is 6.07 Å². The third-order valence-corrected chi connectivity index (χ3v) is 4.63. The van der Waals surface area contributed by atoms with E-state index < -0.39 is 0 Å². The molecule has 1 atom stereocenters. The number of amides is 1. The van der Waals surface area contributed by atoms with Gasteiger partial charge >= 0.3 is 0 Å². The summed E-state index contributed by atoms with van der Waals surface area (Å²) in [4.78, 5) is 17.4. The summed E-state index contributed by atoms with van der Waals surface area (Å²) in [6.07, 6.45) is 4.84. The number of carbonyl (C=O) groups excluding carboxylic acids is 1. The molecule has 3 aromatic heterocycles. The zero-order valence-electron chi connectivity index (χ0n) is 11.5. The van der Waals surface area contributed by atoms with Crippen molar-refractivity contribution in [2.24, 2.45) is 0 Å². The number of thiophene rings is 1. The van der Waals surface area contributed by atoms with E-state index in [1.165, 1.54) is 0 Å². The van der Waals surface area contributed by atoms with Gasteiger partial charge in [0.15, 0.2) is 0 Å². The number of halogens is 1. The lowest BCUT2D eigenvalue weighted by Gasteiger charge is -2.14. The van der Waals surface area contributed by atoms with E-state index in [0.29, 0.717) is 12.1 Å². The van der Waals surface area contributed by atoms with E-state index in [-0.39, 0.29) is 11.8 Å². The van der Waals surface area contributed by atoms with Gasteiger partial charge in [0.25, 0.3) is 5.91 Å². The molecule has 0 unspecified atom stereocenters. The summed E-state index contributed by atoms with van der Waals surface area (Å²) in [5, 5.41) is 4.97. The minimum Gasteiger partial charge on any atom is -0.469 e. The van der Waals surface area contributed by atoms with Gasteiger partial charge in [-0.2, -0.15) is 0 Å². The quantitative estimate of drug-likeness (QED) is 0.730. The van der Waals surface area contributed by atoms with Gasteiger partial charge in [0.1, 0.15) is 5.76 Å². The molecule has 0 saturated heterocycles. The Kier molecular flexibility index (Phi) is 4.70. The fraction of sp³-hybridized carbons (Fsp3) is 0.125. The number of pyridine rings is 1. The Bertz CT molecular complexity index is 707. The molecule has 3 heterocycles. The van der Waals surface area contributed by atoms with Crippen molar-refractivity contribution in [1.82, 2.24) is 10.3 Å². The third-order valence-electron chi connectivity index (χ3n) is 3.21. The van der Waals surface area contributed by atoms with Crippen LogP contribution in [-0.2, 0) is 0 Å². The van der Waals surface area contributed by atoms with Crippen molar-refractivity contribution in [3.05, 3.63) is 75.0 Å². The minimum atomic E-state index is -0.151. The van der Waals surface area contributed by atoms with Crippen molar-refractivity contribution >= 4 is 33.2 Å². The van der Waals surface area contributed by atoms with Gasteiger partial charge in [-0.25, -0.2) is 0 Å². The first kappa shape index (κ1) is 15.0. The molecular formula is C16H13BrN2O2S. The number of hydrogen-bond acceptors (Lipinski definition) is 4. The molecular weight excluding hydrogens is 364 g/mol. The molecule has 22 heavy (non-hydrogen) atoms. The molecule has 1 amide bonds. The van der Waals surface area contributed by atoms with Crippen LogP contribution in [-0.4, -0.2) is 17.4 Å². The molecule has 0 aliphatic heterocycles. The van der Waals surface area contributed by atoms with E-state index in [0.717, 1.165) is 15.1 Å². The summed E-state index contributed by atoms with van der Waals surface area (Å²) in [5.41, 5.74) is 0.527. The molecule has 0 saturated carbocycles. The molecule has 3 aromatic rings. The van der Waals surface area contributed by atoms with E-state index in [1.54, 1.807) is 36.1 Å². The maximum Gasteiger partial charge on any atom is 0.252 e. The van der Waals surface area contributed by atoms with E-state index in [1.807, 2.05) is 29.6 Å². The Hall–Kier alpha value is -1.92. The fourth-order valence-corrected chi connectivity index (χ4v) is 3.35. The number of hydrogen-bond donors (Lipinski definition) is 1. The zero-order chi connectivity index (χ0) is 15.4. The maximum atomic E-state index is 12.2. The second-order valence-corrected chi connectivity index (χ2v) is 6.58. The van der Waals surface area contributed by atoms with Gasteiger partial charge in [0.05, 0.1) is 17.7 Å². The predicted octanol–water partition coefficient (Wildman–Crippen LogP) is 4.06. The van der Waals surface area contributed by atoms with Crippen LogP contribution < -0.4 is 5.32 Å². The highest BCUT2D eigenvalue weighted by Gasteiger charge is 2.19. The number of aromatic nitrogens is 1. The van der Waals surface area contributed by atoms with Crippen molar-refractivity contribution in [3.8, 4) is 0 Å². The highest BCUT2D eigenvalue weighted by molar-refractivity contribution is 9.10. The first-order valence-electron chi connectivity index (χ1n) is 6.69. The number of nitrogens with zero attached hydrogens (tertiary/aromatic N) is 1. The second-order valence-electron chi connectivity index (χ2n) is 4.69. The summed E-state index contributed by atoms with van der Waals surface area (Å²) < 4.78 is 6.29. The Morgan fingerprint density at radius 2 is 2.27 bits per heavy atom. The first-order valence-corrected chi connectivity index (χ1v) is 8.37. The molecule has 0 aliphatic rings. The summed E-state index contributed by atoms with van der Waals surface area (Å²) >= 11 is 4.97. The van der Waals surface area contributed by atoms with Crippen molar-refractivity contribution in [2.75, 3.05) is 6.54 Å². The summed E-state index contributed by atoms with van der Waals surface area (Å²) in [7, 11) is 0. The van der Waals surface area contributed by atoms with Crippen LogP contribution in [0.5, 0.6) is 0 Å². The van der Waals surface area contributed by atoms with Crippen LogP contribution in [0.3, 0.4) is 0 Å². The molecule has 112 valence electrons. The number of furan rings is 1. The number of carbonyl (C=O) groups is 1. The average molecular weight is 377 g/mol. The molecule has 0 fully saturated rings. The smallest absolute Gasteiger partial charge is 0.252 e. The van der Waals surface area contributed by atoms with Gasteiger partial charge < -0.3 is 9.73 Å². The van der Waals surface area contributed by atoms with Crippen LogP contribution in [0.15, 0.2) is 63.3 Å². The van der Waals surface area contributed by atoms with Crippen LogP contribution in [0.25, 0.3) is 0 Å². The van der Waals surface area contributed by atoms with Crippen molar-refractivity contribution in [3.63, 3.8) is 0 Å². The average Bonchev–Trinajstić information content (AvgIpc) is 3.21. The molecule has 0 radical (unpaired) electrons. The fourth-order valence-electron chi connectivity index (χ4n) is 2.15. The third kappa shape index (κ3) is 3.45. The van der Waals surface area contributed by atoms with E-state index in [4.69, 9.17) is 4.42 Å². The van der Waals surface area contributed by atoms with Crippen molar-refractivity contribution < 1.29 is 9.21 Å². The molecule has 0 bridgehead atoms. The Balaban J connectivity index is 1.73. The lowest BCUT2D eigenvalue weighted by atomic mass is 10.0. The van der Waals surface area contributed by atoms with E-state index in [9.17, 15) is 4.79 Å². The summed E-state index contributed by atoms with van der Waals surface area (Å²) in [5.74, 6) is 0.705. The highest BCUT2D eigenvalue weighted by atomic mass is 79.9. The van der Waals surface area contributed by atoms with Gasteiger partial charge in [0.2, 0.25) is 0 Å². The Morgan fingerprint density at radius 3 is 2.95 bits per heavy atom. The van der Waals surface area contributed by atoms with Crippen LogP contribution in [0, 0.1) is 0 Å². The zero-order valence-corrected chi connectivity index (χ0v) is 13.9. The van der Waals surface area contributed by atoms with Crippen molar-refractivity contribution in [2.45, 2.75) is 5.92 Å². The number of rotatable bonds is 5. The van der Waals surface area contributed by atoms with Crippen LogP contribution in [0.4, 0.5) is 0 Å². The Morgan fingerprint density at radius 1 is 1.36 bits per heavy atom. The van der Waals surface area contributed by atoms with Gasteiger partial charge in [-0.15, -0.1) is 11.3 Å². The minimum absolute atomic E-state index is 0.0130. The Labute approximate surface area is 140 Å². The van der Waals surface area contributed by atoms with Gasteiger partial charge in [-0.05, 0) is 45.6 Å². The normalized spacial score (nSPS) is 12.0. The molecule has 0 aliphatic carbocycles. The molecule has 6 heteroatoms. The monoisotopic (exact) mass is 376 g/mol. The highest BCUT2D eigenvalue weighted by Crippen LogP contribution is 2.28. The van der Waals surface area contributed by atoms with E-state index >= 15 is 0 Å². The summed E-state index contributed by atoms with van der Waals surface area (Å²) in [6.45, 7) is 0.472. The standard InChI is InChI=1S/C16H13BrN2O2S/c17-12-7-11(8-18-9-12)16(20)19-10-13(14-3-1-5-21-14)15-4-2-6-22-15/h1-9,13H,10H2,(H,19,20)/t13-/m1/s1. The van der Waals surface area contributed by atoms with Crippen LogP contribution >= 0.6 is 27.3 Å². The molecule has 0 aromatic carbocycles. The molecule has 1 N–H and O–H groups in total. The predicted molar refractivity (Wildman–Crippen MR) is 89.1 cm³/mol. The van der Waals surface area contributed by atoms with Crippen LogP contribution in [0.1, 0.15) is 26.9 Å². The van der Waals surface area contributed by atoms with Crippen LogP contribution in [0.2, 0.25) is 0 Å². The lowest BCUT2D eigenvalue weighted by Crippen LogP contribution is -2.28. The topological polar surface area (TPSA) is 55.1 Å². The van der Waals surface area contributed by atoms with Gasteiger partial charge in [-0.3, -0.25) is 9.78 Å². The summed E-state index contributed by atoms with van der Waals surface area (Å²) in [6, 6.07) is 9.57.